The molecule has 2 atom stereocenters. The summed E-state index contributed by atoms with van der Waals surface area (Å²) in [5, 5.41) is 2.83. The van der Waals surface area contributed by atoms with Crippen LogP contribution in [0.15, 0.2) is 0 Å². The van der Waals surface area contributed by atoms with Crippen LogP contribution in [0.2, 0.25) is 0 Å². The van der Waals surface area contributed by atoms with Gasteiger partial charge in [-0.05, 0) is 25.8 Å². The third-order valence-electron chi connectivity index (χ3n) is 2.04. The second-order valence-corrected chi connectivity index (χ2v) is 3.12. The Morgan fingerprint density at radius 3 is 3.09 bits per heavy atom. The lowest BCUT2D eigenvalue weighted by atomic mass is 10.0. The van der Waals surface area contributed by atoms with Crippen molar-refractivity contribution in [2.24, 2.45) is 5.92 Å². The molecule has 2 nitrogen and oxygen atoms in total. The van der Waals surface area contributed by atoms with Crippen LogP contribution < -0.4 is 5.32 Å². The maximum absolute atomic E-state index is 12.9. The summed E-state index contributed by atoms with van der Waals surface area (Å²) in [5.41, 5.74) is 0. The minimum atomic E-state index is -0.702. The van der Waals surface area contributed by atoms with E-state index in [-0.39, 0.29) is 0 Å². The number of nitrogens with one attached hydrogen (secondary N) is 1. The predicted molar refractivity (Wildman–Crippen MR) is 42.4 cm³/mol. The zero-order valence-electron chi connectivity index (χ0n) is 6.98. The van der Waals surface area contributed by atoms with Crippen LogP contribution in [0.3, 0.4) is 0 Å². The number of hydrogen-bond donors (Lipinski definition) is 1. The van der Waals surface area contributed by atoms with Gasteiger partial charge in [0.25, 0.3) is 0 Å². The summed E-state index contributed by atoms with van der Waals surface area (Å²) in [6, 6.07) is 0. The van der Waals surface area contributed by atoms with Crippen LogP contribution in [0.25, 0.3) is 0 Å². The van der Waals surface area contributed by atoms with E-state index in [1.54, 1.807) is 7.05 Å². The Bertz CT molecular complexity index is 104. The highest BCUT2D eigenvalue weighted by Gasteiger charge is 2.19. The first-order chi connectivity index (χ1) is 5.33. The molecule has 0 aliphatic carbocycles. The minimum absolute atomic E-state index is 0.457. The van der Waals surface area contributed by atoms with Gasteiger partial charge in [-0.25, -0.2) is 4.39 Å². The van der Waals surface area contributed by atoms with E-state index in [1.807, 2.05) is 0 Å². The highest BCUT2D eigenvalue weighted by molar-refractivity contribution is 4.69. The molecule has 1 aliphatic rings. The molecule has 11 heavy (non-hydrogen) atoms. The first-order valence-electron chi connectivity index (χ1n) is 4.19. The summed E-state index contributed by atoms with van der Waals surface area (Å²) in [7, 11) is 1.78. The van der Waals surface area contributed by atoms with Gasteiger partial charge in [0.1, 0.15) is 6.17 Å². The first kappa shape index (κ1) is 8.94. The van der Waals surface area contributed by atoms with Crippen molar-refractivity contribution in [2.45, 2.75) is 19.0 Å². The minimum Gasteiger partial charge on any atom is -0.381 e. The van der Waals surface area contributed by atoms with Crippen molar-refractivity contribution in [3.8, 4) is 0 Å². The second-order valence-electron chi connectivity index (χ2n) is 3.12. The first-order valence-corrected chi connectivity index (χ1v) is 4.19. The lowest BCUT2D eigenvalue weighted by molar-refractivity contribution is 0.173. The quantitative estimate of drug-likeness (QED) is 0.663. The van der Waals surface area contributed by atoms with Gasteiger partial charge < -0.3 is 10.1 Å². The summed E-state index contributed by atoms with van der Waals surface area (Å²) in [6.07, 6.45) is 0.983. The number of alkyl halides is 1. The summed E-state index contributed by atoms with van der Waals surface area (Å²) in [5.74, 6) is 0.457. The molecule has 1 saturated heterocycles. The molecule has 0 saturated carbocycles. The summed E-state index contributed by atoms with van der Waals surface area (Å²) in [4.78, 5) is 0. The monoisotopic (exact) mass is 161 g/mol. The Labute approximate surface area is 67.1 Å². The number of ether oxygens (including phenoxy) is 1. The molecule has 0 aromatic carbocycles. The fraction of sp³-hybridized carbons (Fsp3) is 1.00. The Balaban J connectivity index is 2.08. The Morgan fingerprint density at radius 2 is 2.55 bits per heavy atom. The van der Waals surface area contributed by atoms with E-state index in [9.17, 15) is 4.39 Å². The van der Waals surface area contributed by atoms with Crippen LogP contribution in [0, 0.1) is 5.92 Å². The fourth-order valence-electron chi connectivity index (χ4n) is 1.44. The molecular formula is C8H16FNO. The molecule has 66 valence electrons. The fourth-order valence-corrected chi connectivity index (χ4v) is 1.44. The standard InChI is InChI=1S/C8H16FNO/c1-10-5-8(9)4-7-2-3-11-6-7/h7-8,10H,2-6H2,1H3/t7-,8+/m0/s1. The molecular weight excluding hydrogens is 145 g/mol. The van der Waals surface area contributed by atoms with Crippen molar-refractivity contribution in [3.05, 3.63) is 0 Å². The van der Waals surface area contributed by atoms with Crippen LogP contribution in [-0.2, 0) is 4.74 Å². The van der Waals surface area contributed by atoms with Gasteiger partial charge >= 0.3 is 0 Å². The molecule has 0 radical (unpaired) electrons. The smallest absolute Gasteiger partial charge is 0.113 e. The van der Waals surface area contributed by atoms with Gasteiger partial charge in [0.05, 0.1) is 0 Å². The summed E-state index contributed by atoms with van der Waals surface area (Å²) in [6.45, 7) is 2.04. The average Bonchev–Trinajstić information content (AvgIpc) is 2.40. The molecule has 0 bridgehead atoms. The number of hydrogen-bond acceptors (Lipinski definition) is 2. The van der Waals surface area contributed by atoms with Gasteiger partial charge in [-0.3, -0.25) is 0 Å². The molecule has 0 aromatic rings. The van der Waals surface area contributed by atoms with E-state index in [1.165, 1.54) is 0 Å². The molecule has 0 aromatic heterocycles. The van der Waals surface area contributed by atoms with Gasteiger partial charge in [-0.2, -0.15) is 0 Å². The maximum atomic E-state index is 12.9. The van der Waals surface area contributed by atoms with Gasteiger partial charge in [-0.1, -0.05) is 0 Å². The van der Waals surface area contributed by atoms with Gasteiger partial charge in [0.15, 0.2) is 0 Å². The van der Waals surface area contributed by atoms with E-state index >= 15 is 0 Å². The van der Waals surface area contributed by atoms with Crippen molar-refractivity contribution < 1.29 is 9.13 Å². The molecule has 0 unspecified atom stereocenters. The molecule has 1 rings (SSSR count). The number of rotatable bonds is 4. The summed E-state index contributed by atoms with van der Waals surface area (Å²) < 4.78 is 18.1. The highest BCUT2D eigenvalue weighted by Crippen LogP contribution is 2.18. The normalized spacial score (nSPS) is 27.3. The Hall–Kier alpha value is -0.150. The molecule has 1 aliphatic heterocycles. The molecule has 1 N–H and O–H groups in total. The third kappa shape index (κ3) is 3.16. The largest absolute Gasteiger partial charge is 0.381 e. The average molecular weight is 161 g/mol. The lowest BCUT2D eigenvalue weighted by Gasteiger charge is -2.10. The van der Waals surface area contributed by atoms with Crippen molar-refractivity contribution >= 4 is 0 Å². The zero-order valence-corrected chi connectivity index (χ0v) is 6.98. The Kier molecular flexibility index (Phi) is 3.80. The van der Waals surface area contributed by atoms with Crippen LogP contribution in [0.5, 0.6) is 0 Å². The van der Waals surface area contributed by atoms with Crippen LogP contribution in [0.1, 0.15) is 12.8 Å². The molecule has 0 amide bonds. The van der Waals surface area contributed by atoms with Crippen molar-refractivity contribution in [1.82, 2.24) is 5.32 Å². The van der Waals surface area contributed by atoms with E-state index in [0.717, 1.165) is 19.6 Å². The lowest BCUT2D eigenvalue weighted by Crippen LogP contribution is -2.22. The molecule has 1 heterocycles. The van der Waals surface area contributed by atoms with Crippen LogP contribution in [0.4, 0.5) is 4.39 Å². The van der Waals surface area contributed by atoms with E-state index in [2.05, 4.69) is 5.32 Å². The van der Waals surface area contributed by atoms with E-state index in [4.69, 9.17) is 4.74 Å². The maximum Gasteiger partial charge on any atom is 0.113 e. The van der Waals surface area contributed by atoms with Crippen molar-refractivity contribution in [3.63, 3.8) is 0 Å². The zero-order chi connectivity index (χ0) is 8.10. The third-order valence-corrected chi connectivity index (χ3v) is 2.04. The second kappa shape index (κ2) is 4.67. The van der Waals surface area contributed by atoms with Crippen molar-refractivity contribution in [2.75, 3.05) is 26.8 Å². The summed E-state index contributed by atoms with van der Waals surface area (Å²) >= 11 is 0. The van der Waals surface area contributed by atoms with Crippen LogP contribution in [-0.4, -0.2) is 33.0 Å². The van der Waals surface area contributed by atoms with Crippen LogP contribution >= 0.6 is 0 Å². The molecule has 3 heteroatoms. The SMILES string of the molecule is CNC[C@H](F)C[C@@H]1CCOC1. The van der Waals surface area contributed by atoms with E-state index < -0.39 is 6.17 Å². The Morgan fingerprint density at radius 1 is 1.73 bits per heavy atom. The molecule has 1 fully saturated rings. The van der Waals surface area contributed by atoms with Crippen molar-refractivity contribution in [1.29, 1.82) is 0 Å². The predicted octanol–water partition coefficient (Wildman–Crippen LogP) is 0.970. The van der Waals surface area contributed by atoms with Gasteiger partial charge in [0, 0.05) is 19.8 Å². The van der Waals surface area contributed by atoms with E-state index in [0.29, 0.717) is 18.9 Å². The topological polar surface area (TPSA) is 21.3 Å². The number of halogens is 1. The van der Waals surface area contributed by atoms with Gasteiger partial charge in [-0.15, -0.1) is 0 Å². The highest BCUT2D eigenvalue weighted by atomic mass is 19.1. The molecule has 0 spiro atoms. The van der Waals surface area contributed by atoms with Gasteiger partial charge in [0.2, 0.25) is 0 Å².